The largest absolute Gasteiger partial charge is 0.342 e. The molecule has 1 N–H and O–H groups in total. The average molecular weight is 296 g/mol. The van der Waals surface area contributed by atoms with Gasteiger partial charge in [-0.1, -0.05) is 18.5 Å². The Hall–Kier alpha value is -1.00. The number of fused-ring (bicyclic) bond motifs is 1. The first-order valence-corrected chi connectivity index (χ1v) is 7.95. The van der Waals surface area contributed by atoms with Gasteiger partial charge in [-0.2, -0.15) is 0 Å². The molecule has 2 fully saturated rings. The fourth-order valence-corrected chi connectivity index (χ4v) is 3.68. The zero-order valence-corrected chi connectivity index (χ0v) is 12.7. The van der Waals surface area contributed by atoms with Crippen LogP contribution >= 0.6 is 11.6 Å². The third kappa shape index (κ3) is 2.59. The van der Waals surface area contributed by atoms with E-state index in [4.69, 9.17) is 11.6 Å². The molecule has 2 aliphatic rings. The summed E-state index contributed by atoms with van der Waals surface area (Å²) in [5.41, 5.74) is 0.732. The van der Waals surface area contributed by atoms with Gasteiger partial charge in [0.05, 0.1) is 5.02 Å². The van der Waals surface area contributed by atoms with Gasteiger partial charge in [-0.15, -0.1) is 0 Å². The van der Waals surface area contributed by atoms with Crippen molar-refractivity contribution < 1.29 is 4.79 Å². The van der Waals surface area contributed by atoms with Crippen molar-refractivity contribution in [3.8, 4) is 0 Å². The van der Waals surface area contributed by atoms with Crippen LogP contribution in [0.4, 0.5) is 0 Å². The highest BCUT2D eigenvalue weighted by Gasteiger charge is 2.37. The number of hydrogen-bond acceptors (Lipinski definition) is 2. The van der Waals surface area contributed by atoms with E-state index in [1.54, 1.807) is 6.07 Å². The van der Waals surface area contributed by atoms with Crippen LogP contribution in [0.3, 0.4) is 0 Å². The highest BCUT2D eigenvalue weighted by molar-refractivity contribution is 6.31. The number of hydrogen-bond donors (Lipinski definition) is 1. The minimum absolute atomic E-state index is 0.126. The number of piperidine rings is 1. The van der Waals surface area contributed by atoms with Gasteiger partial charge in [-0.05, 0) is 37.8 Å². The molecule has 2 aliphatic heterocycles. The predicted octanol–water partition coefficient (Wildman–Crippen LogP) is 2.38. The van der Waals surface area contributed by atoms with Gasteiger partial charge in [-0.25, -0.2) is 0 Å². The Labute approximate surface area is 125 Å². The van der Waals surface area contributed by atoms with Crippen LogP contribution in [0.2, 0.25) is 5.02 Å². The van der Waals surface area contributed by atoms with Gasteiger partial charge in [-0.3, -0.25) is 4.79 Å². The molecule has 110 valence electrons. The van der Waals surface area contributed by atoms with E-state index in [0.717, 1.165) is 38.3 Å². The lowest BCUT2D eigenvalue weighted by Crippen LogP contribution is -2.41. The monoisotopic (exact) mass is 295 g/mol. The first-order chi connectivity index (χ1) is 9.69. The van der Waals surface area contributed by atoms with Crippen molar-refractivity contribution in [3.05, 3.63) is 23.0 Å². The summed E-state index contributed by atoms with van der Waals surface area (Å²) in [5.74, 6) is 0.749. The number of amides is 1. The summed E-state index contributed by atoms with van der Waals surface area (Å²) in [6.45, 7) is 5.74. The summed E-state index contributed by atoms with van der Waals surface area (Å²) < 4.78 is 1.99. The van der Waals surface area contributed by atoms with Crippen molar-refractivity contribution >= 4 is 17.5 Å². The van der Waals surface area contributed by atoms with Gasteiger partial charge in [0.2, 0.25) is 0 Å². The van der Waals surface area contributed by atoms with E-state index in [-0.39, 0.29) is 5.91 Å². The maximum absolute atomic E-state index is 12.7. The van der Waals surface area contributed by atoms with Crippen molar-refractivity contribution in [3.63, 3.8) is 0 Å². The maximum Gasteiger partial charge on any atom is 0.270 e. The Morgan fingerprint density at radius 2 is 2.35 bits per heavy atom. The van der Waals surface area contributed by atoms with Crippen LogP contribution in [0.1, 0.15) is 36.7 Å². The van der Waals surface area contributed by atoms with Crippen molar-refractivity contribution in [2.24, 2.45) is 5.92 Å². The molecule has 0 unspecified atom stereocenters. The van der Waals surface area contributed by atoms with Gasteiger partial charge in [0, 0.05) is 31.9 Å². The number of carbonyl (C=O) groups excluding carboxylic acids is 1. The van der Waals surface area contributed by atoms with Crippen LogP contribution < -0.4 is 5.32 Å². The zero-order valence-electron chi connectivity index (χ0n) is 11.9. The maximum atomic E-state index is 12.7. The molecule has 0 radical (unpaired) electrons. The molecule has 4 nitrogen and oxygen atoms in total. The number of likely N-dealkylation sites (tertiary alicyclic amines) is 1. The molecule has 3 rings (SSSR count). The van der Waals surface area contributed by atoms with Crippen molar-refractivity contribution in [1.82, 2.24) is 14.8 Å². The van der Waals surface area contributed by atoms with E-state index in [9.17, 15) is 4.79 Å². The Morgan fingerprint density at radius 3 is 3.10 bits per heavy atom. The summed E-state index contributed by atoms with van der Waals surface area (Å²) in [5, 5.41) is 4.19. The molecular weight excluding hydrogens is 274 g/mol. The minimum atomic E-state index is 0.126. The van der Waals surface area contributed by atoms with Gasteiger partial charge < -0.3 is 14.8 Å². The zero-order chi connectivity index (χ0) is 14.1. The number of aryl methyl sites for hydroxylation is 1. The lowest BCUT2D eigenvalue weighted by Gasteiger charge is -2.24. The molecule has 0 spiro atoms. The molecule has 0 aliphatic carbocycles. The van der Waals surface area contributed by atoms with E-state index in [2.05, 4.69) is 12.2 Å². The molecule has 2 saturated heterocycles. The first kappa shape index (κ1) is 14.0. The Balaban J connectivity index is 1.76. The molecule has 20 heavy (non-hydrogen) atoms. The predicted molar refractivity (Wildman–Crippen MR) is 80.2 cm³/mol. The van der Waals surface area contributed by atoms with E-state index in [1.165, 1.54) is 12.8 Å². The number of nitrogens with zero attached hydrogens (tertiary/aromatic N) is 2. The highest BCUT2D eigenvalue weighted by atomic mass is 35.5. The molecular formula is C15H22ClN3O. The van der Waals surface area contributed by atoms with Crippen LogP contribution in [-0.2, 0) is 6.54 Å². The van der Waals surface area contributed by atoms with Gasteiger partial charge >= 0.3 is 0 Å². The van der Waals surface area contributed by atoms with Crippen LogP contribution in [-0.4, -0.2) is 41.1 Å². The van der Waals surface area contributed by atoms with Gasteiger partial charge in [0.25, 0.3) is 5.91 Å². The number of aromatic nitrogens is 1. The summed E-state index contributed by atoms with van der Waals surface area (Å²) in [7, 11) is 0. The van der Waals surface area contributed by atoms with Crippen molar-refractivity contribution in [2.45, 2.75) is 38.8 Å². The number of nitrogens with one attached hydrogen (secondary N) is 1. The Morgan fingerprint density at radius 1 is 1.50 bits per heavy atom. The topological polar surface area (TPSA) is 37.3 Å². The molecule has 3 heterocycles. The Kier molecular flexibility index (Phi) is 4.03. The van der Waals surface area contributed by atoms with Gasteiger partial charge in [0.1, 0.15) is 5.69 Å². The summed E-state index contributed by atoms with van der Waals surface area (Å²) in [6.07, 6.45) is 5.32. The highest BCUT2D eigenvalue weighted by Crippen LogP contribution is 2.27. The lowest BCUT2D eigenvalue weighted by molar-refractivity contribution is 0.0775. The molecule has 5 heteroatoms. The fourth-order valence-electron chi connectivity index (χ4n) is 3.45. The average Bonchev–Trinajstić information content (AvgIpc) is 3.02. The van der Waals surface area contributed by atoms with Crippen LogP contribution in [0.15, 0.2) is 12.3 Å². The molecule has 0 aromatic carbocycles. The second kappa shape index (κ2) is 5.78. The quantitative estimate of drug-likeness (QED) is 0.929. The Bertz CT molecular complexity index is 485. The molecule has 0 saturated carbocycles. The standard InChI is InChI=1S/C15H22ClN3O/c1-2-6-18-9-12(16)7-14(18)15(20)19-8-11-4-3-5-17-13(11)10-19/h7,9,11,13,17H,2-6,8,10H2,1H3/t11-,13+/m0/s1. The second-order valence-corrected chi connectivity index (χ2v) is 6.35. The summed E-state index contributed by atoms with van der Waals surface area (Å²) >= 11 is 6.07. The van der Waals surface area contributed by atoms with E-state index in [0.29, 0.717) is 17.0 Å². The third-order valence-electron chi connectivity index (χ3n) is 4.43. The third-order valence-corrected chi connectivity index (χ3v) is 4.64. The van der Waals surface area contributed by atoms with Crippen molar-refractivity contribution in [2.75, 3.05) is 19.6 Å². The fraction of sp³-hybridized carbons (Fsp3) is 0.667. The molecule has 1 aromatic rings. The smallest absolute Gasteiger partial charge is 0.270 e. The van der Waals surface area contributed by atoms with Crippen LogP contribution in [0.25, 0.3) is 0 Å². The second-order valence-electron chi connectivity index (χ2n) is 5.91. The SMILES string of the molecule is CCCn1cc(Cl)cc1C(=O)N1C[C@@H]2CCCN[C@@H]2C1. The molecule has 1 aromatic heterocycles. The van der Waals surface area contributed by atoms with Crippen LogP contribution in [0, 0.1) is 5.92 Å². The minimum Gasteiger partial charge on any atom is -0.342 e. The van der Waals surface area contributed by atoms with E-state index in [1.807, 2.05) is 15.7 Å². The summed E-state index contributed by atoms with van der Waals surface area (Å²) in [6, 6.07) is 2.28. The van der Waals surface area contributed by atoms with Crippen molar-refractivity contribution in [1.29, 1.82) is 0 Å². The van der Waals surface area contributed by atoms with E-state index >= 15 is 0 Å². The first-order valence-electron chi connectivity index (χ1n) is 7.57. The number of carbonyl (C=O) groups is 1. The van der Waals surface area contributed by atoms with E-state index < -0.39 is 0 Å². The molecule has 1 amide bonds. The normalized spacial score (nSPS) is 25.8. The number of rotatable bonds is 3. The summed E-state index contributed by atoms with van der Waals surface area (Å²) in [4.78, 5) is 14.7. The molecule has 2 atom stereocenters. The lowest BCUT2D eigenvalue weighted by atomic mass is 9.94. The number of halogens is 1. The van der Waals surface area contributed by atoms with Crippen LogP contribution in [0.5, 0.6) is 0 Å². The van der Waals surface area contributed by atoms with Gasteiger partial charge in [0.15, 0.2) is 0 Å². The molecule has 0 bridgehead atoms.